The Hall–Kier alpha value is -1.94. The summed E-state index contributed by atoms with van der Waals surface area (Å²) in [5.41, 5.74) is 10.7. The van der Waals surface area contributed by atoms with Gasteiger partial charge >= 0.3 is 0 Å². The van der Waals surface area contributed by atoms with Gasteiger partial charge in [0.2, 0.25) is 5.91 Å². The third-order valence-electron chi connectivity index (χ3n) is 9.04. The molecule has 0 aliphatic heterocycles. The van der Waals surface area contributed by atoms with E-state index in [1.807, 2.05) is 18.5 Å². The molecule has 2 fully saturated rings. The monoisotopic (exact) mass is 392 g/mol. The predicted molar refractivity (Wildman–Crippen MR) is 113 cm³/mol. The first-order chi connectivity index (χ1) is 13.8. The fourth-order valence-electron chi connectivity index (χ4n) is 7.57. The number of carbonyl (C=O) groups is 1. The van der Waals surface area contributed by atoms with Gasteiger partial charge < -0.3 is 10.8 Å². The average molecular weight is 393 g/mol. The predicted octanol–water partition coefficient (Wildman–Crippen LogP) is 4.25. The summed E-state index contributed by atoms with van der Waals surface area (Å²) in [6, 6.07) is 4.20. The number of carbonyl (C=O) groups excluding carboxylic acids is 1. The van der Waals surface area contributed by atoms with Crippen molar-refractivity contribution in [2.24, 2.45) is 34.3 Å². The van der Waals surface area contributed by atoms with Crippen molar-refractivity contribution in [2.45, 2.75) is 64.9 Å². The largest absolute Gasteiger partial charge is 0.393 e. The zero-order valence-corrected chi connectivity index (χ0v) is 17.5. The number of aliphatic hydroxyl groups is 1. The van der Waals surface area contributed by atoms with Crippen LogP contribution >= 0.6 is 0 Å². The lowest BCUT2D eigenvalue weighted by Crippen LogP contribution is -2.51. The van der Waals surface area contributed by atoms with Crippen molar-refractivity contribution in [1.82, 2.24) is 4.98 Å². The molecule has 3 N–H and O–H groups in total. The number of nitrogens with zero attached hydrogens (tertiary/aromatic N) is 1. The summed E-state index contributed by atoms with van der Waals surface area (Å²) >= 11 is 0. The van der Waals surface area contributed by atoms with Crippen molar-refractivity contribution < 1.29 is 9.90 Å². The van der Waals surface area contributed by atoms with Crippen LogP contribution in [-0.2, 0) is 4.79 Å². The Bertz CT molecular complexity index is 905. The maximum Gasteiger partial charge on any atom is 0.244 e. The number of amides is 1. The van der Waals surface area contributed by atoms with Gasteiger partial charge in [-0.25, -0.2) is 0 Å². The summed E-state index contributed by atoms with van der Waals surface area (Å²) in [6.07, 6.45) is 12.6. The van der Waals surface area contributed by atoms with Gasteiger partial charge in [-0.2, -0.15) is 0 Å². The lowest BCUT2D eigenvalue weighted by molar-refractivity contribution is -0.116. The molecule has 0 radical (unpaired) electrons. The number of pyridine rings is 1. The molecular formula is C25H32N2O2. The smallest absolute Gasteiger partial charge is 0.244 e. The quantitative estimate of drug-likeness (QED) is 0.790. The summed E-state index contributed by atoms with van der Waals surface area (Å²) in [7, 11) is 0. The van der Waals surface area contributed by atoms with Crippen LogP contribution in [0.2, 0.25) is 0 Å². The second kappa shape index (κ2) is 6.53. The molecule has 0 spiro atoms. The second-order valence-electron chi connectivity index (χ2n) is 10.3. The molecule has 1 aromatic heterocycles. The van der Waals surface area contributed by atoms with E-state index < -0.39 is 0 Å². The summed E-state index contributed by atoms with van der Waals surface area (Å²) in [5, 5.41) is 10.3. The van der Waals surface area contributed by atoms with E-state index in [0.717, 1.165) is 31.3 Å². The lowest BCUT2D eigenvalue weighted by atomic mass is 9.46. The van der Waals surface area contributed by atoms with Crippen LogP contribution in [-0.4, -0.2) is 22.1 Å². The van der Waals surface area contributed by atoms with Crippen LogP contribution in [0.25, 0.3) is 5.57 Å². The molecule has 154 valence electrons. The summed E-state index contributed by atoms with van der Waals surface area (Å²) < 4.78 is 0. The van der Waals surface area contributed by atoms with Gasteiger partial charge in [0.1, 0.15) is 0 Å². The van der Waals surface area contributed by atoms with Gasteiger partial charge in [0.05, 0.1) is 6.10 Å². The molecule has 2 saturated carbocycles. The second-order valence-corrected chi connectivity index (χ2v) is 10.3. The van der Waals surface area contributed by atoms with Gasteiger partial charge in [0, 0.05) is 18.0 Å². The zero-order chi connectivity index (χ0) is 20.4. The van der Waals surface area contributed by atoms with E-state index in [9.17, 15) is 9.90 Å². The normalized spacial score (nSPS) is 41.3. The minimum absolute atomic E-state index is 0.00486. The summed E-state index contributed by atoms with van der Waals surface area (Å²) in [4.78, 5) is 16.8. The van der Waals surface area contributed by atoms with Crippen LogP contribution in [0.1, 0.15) is 64.4 Å². The molecule has 1 aromatic rings. The third-order valence-corrected chi connectivity index (χ3v) is 9.04. The molecule has 4 nitrogen and oxygen atoms in total. The Morgan fingerprint density at radius 2 is 1.97 bits per heavy atom. The fraction of sp³-hybridized carbons (Fsp3) is 0.600. The van der Waals surface area contributed by atoms with Gasteiger partial charge in [-0.3, -0.25) is 9.78 Å². The van der Waals surface area contributed by atoms with Crippen LogP contribution in [0.5, 0.6) is 0 Å². The average Bonchev–Trinajstić information content (AvgIpc) is 3.06. The van der Waals surface area contributed by atoms with E-state index in [1.54, 1.807) is 0 Å². The first-order valence-corrected chi connectivity index (χ1v) is 11.2. The van der Waals surface area contributed by atoms with Crippen LogP contribution in [0.15, 0.2) is 41.7 Å². The highest BCUT2D eigenvalue weighted by atomic mass is 16.3. The van der Waals surface area contributed by atoms with Crippen molar-refractivity contribution in [1.29, 1.82) is 0 Å². The summed E-state index contributed by atoms with van der Waals surface area (Å²) in [5.74, 6) is 1.32. The van der Waals surface area contributed by atoms with Gasteiger partial charge in [-0.1, -0.05) is 31.6 Å². The molecule has 4 aliphatic rings. The first kappa shape index (κ1) is 19.0. The number of hydrogen-bond acceptors (Lipinski definition) is 3. The number of aliphatic hydroxyl groups excluding tert-OH is 1. The van der Waals surface area contributed by atoms with Gasteiger partial charge in [-0.05, 0) is 90.7 Å². The van der Waals surface area contributed by atoms with Gasteiger partial charge in [0.25, 0.3) is 0 Å². The van der Waals surface area contributed by atoms with E-state index in [4.69, 9.17) is 5.73 Å². The molecule has 1 heterocycles. The van der Waals surface area contributed by atoms with Crippen molar-refractivity contribution in [2.75, 3.05) is 0 Å². The highest BCUT2D eigenvalue weighted by molar-refractivity contribution is 5.93. The number of nitrogens with two attached hydrogens (primary N) is 1. The van der Waals surface area contributed by atoms with Crippen LogP contribution < -0.4 is 5.73 Å². The van der Waals surface area contributed by atoms with E-state index in [2.05, 4.69) is 31.0 Å². The lowest BCUT2D eigenvalue weighted by Gasteiger charge is -2.58. The van der Waals surface area contributed by atoms with E-state index in [0.29, 0.717) is 24.2 Å². The van der Waals surface area contributed by atoms with Crippen molar-refractivity contribution in [3.63, 3.8) is 0 Å². The Morgan fingerprint density at radius 3 is 2.69 bits per heavy atom. The number of primary amides is 1. The maximum absolute atomic E-state index is 12.5. The summed E-state index contributed by atoms with van der Waals surface area (Å²) in [6.45, 7) is 4.77. The molecule has 0 unspecified atom stereocenters. The molecular weight excluding hydrogens is 360 g/mol. The highest BCUT2D eigenvalue weighted by Crippen LogP contribution is 2.67. The number of allylic oxidation sites excluding steroid dienone is 2. The Kier molecular flexibility index (Phi) is 4.29. The van der Waals surface area contributed by atoms with Crippen molar-refractivity contribution in [3.05, 3.63) is 47.3 Å². The number of rotatable bonds is 2. The zero-order valence-electron chi connectivity index (χ0n) is 17.5. The maximum atomic E-state index is 12.5. The van der Waals surface area contributed by atoms with Crippen molar-refractivity contribution in [3.8, 4) is 0 Å². The number of hydrogen-bond donors (Lipinski definition) is 2. The van der Waals surface area contributed by atoms with E-state index in [-0.39, 0.29) is 22.8 Å². The molecule has 5 rings (SSSR count). The van der Waals surface area contributed by atoms with Gasteiger partial charge in [-0.15, -0.1) is 0 Å². The minimum Gasteiger partial charge on any atom is -0.393 e. The first-order valence-electron chi connectivity index (χ1n) is 11.2. The Balaban J connectivity index is 1.54. The Morgan fingerprint density at radius 1 is 1.17 bits per heavy atom. The van der Waals surface area contributed by atoms with E-state index in [1.165, 1.54) is 29.6 Å². The molecule has 1 amide bonds. The van der Waals surface area contributed by atoms with Gasteiger partial charge in [0.15, 0.2) is 0 Å². The van der Waals surface area contributed by atoms with Crippen LogP contribution in [0, 0.1) is 28.6 Å². The van der Waals surface area contributed by atoms with Crippen molar-refractivity contribution >= 4 is 11.5 Å². The molecule has 6 atom stereocenters. The molecule has 4 aliphatic carbocycles. The molecule has 0 aromatic carbocycles. The van der Waals surface area contributed by atoms with Crippen LogP contribution in [0.3, 0.4) is 0 Å². The third kappa shape index (κ3) is 2.68. The van der Waals surface area contributed by atoms with Crippen LogP contribution in [0.4, 0.5) is 0 Å². The molecule has 29 heavy (non-hydrogen) atoms. The highest BCUT2D eigenvalue weighted by Gasteiger charge is 2.58. The van der Waals surface area contributed by atoms with E-state index >= 15 is 0 Å². The molecule has 0 saturated heterocycles. The fourth-order valence-corrected chi connectivity index (χ4v) is 7.57. The number of aromatic nitrogens is 1. The standard InChI is InChI=1S/C25H32N2O2/c1-24-10-8-21-17(20(24)6-5-19(24)15-4-3-11-27-14-15)13-18(23(26)29)22-12-16(28)7-9-25(21,22)2/h3-5,11,14,16-17,20-21,28H,6-10,12-13H2,1-2H3,(H2,26,29)/t16-,17-,20-,21-,24+,25+/m0/s1. The topological polar surface area (TPSA) is 76.2 Å². The SMILES string of the molecule is C[C@]12CC[C@H](O)CC1=C(C(N)=O)C[C@@H]1[C@@H]2CC[C@]2(C)C(c3cccnc3)=CC[C@@H]12. The number of fused-ring (bicyclic) bond motifs is 5. The Labute approximate surface area is 173 Å². The molecule has 4 heteroatoms. The molecule has 0 bridgehead atoms. The minimum atomic E-state index is -0.330.